The number of carbonyl (C=O) groups is 3. The van der Waals surface area contributed by atoms with Crippen molar-refractivity contribution in [1.29, 1.82) is 0 Å². The molecule has 26 heavy (non-hydrogen) atoms. The maximum absolute atomic E-state index is 12.1. The van der Waals surface area contributed by atoms with E-state index < -0.39 is 5.97 Å². The van der Waals surface area contributed by atoms with Crippen molar-refractivity contribution in [1.82, 2.24) is 5.32 Å². The SMILES string of the molecule is COC(=O)CNC(=O)Cc1ccc(NC(=O)Cc2cccc(C)c2)cc1. The average molecular weight is 354 g/mol. The van der Waals surface area contributed by atoms with Crippen molar-refractivity contribution >= 4 is 23.5 Å². The highest BCUT2D eigenvalue weighted by atomic mass is 16.5. The van der Waals surface area contributed by atoms with Gasteiger partial charge in [-0.2, -0.15) is 0 Å². The van der Waals surface area contributed by atoms with Gasteiger partial charge in [-0.25, -0.2) is 0 Å². The van der Waals surface area contributed by atoms with Gasteiger partial charge in [-0.3, -0.25) is 14.4 Å². The van der Waals surface area contributed by atoms with Gasteiger partial charge in [0.15, 0.2) is 0 Å². The lowest BCUT2D eigenvalue weighted by Crippen LogP contribution is -2.31. The molecule has 0 radical (unpaired) electrons. The van der Waals surface area contributed by atoms with Gasteiger partial charge < -0.3 is 15.4 Å². The number of methoxy groups -OCH3 is 1. The molecule has 2 rings (SSSR count). The van der Waals surface area contributed by atoms with Crippen LogP contribution in [0.5, 0.6) is 0 Å². The number of carbonyl (C=O) groups excluding carboxylic acids is 3. The van der Waals surface area contributed by atoms with Crippen LogP contribution in [0, 0.1) is 6.92 Å². The van der Waals surface area contributed by atoms with Crippen molar-refractivity contribution in [2.45, 2.75) is 19.8 Å². The molecule has 2 aromatic carbocycles. The van der Waals surface area contributed by atoms with Crippen LogP contribution in [0.1, 0.15) is 16.7 Å². The molecule has 0 bridgehead atoms. The van der Waals surface area contributed by atoms with Crippen molar-refractivity contribution in [3.8, 4) is 0 Å². The van der Waals surface area contributed by atoms with Crippen molar-refractivity contribution in [2.75, 3.05) is 19.0 Å². The van der Waals surface area contributed by atoms with Crippen LogP contribution in [0.2, 0.25) is 0 Å². The number of nitrogens with one attached hydrogen (secondary N) is 2. The van der Waals surface area contributed by atoms with Crippen LogP contribution in [0.15, 0.2) is 48.5 Å². The van der Waals surface area contributed by atoms with Crippen molar-refractivity contribution in [3.63, 3.8) is 0 Å². The zero-order valence-electron chi connectivity index (χ0n) is 14.9. The summed E-state index contributed by atoms with van der Waals surface area (Å²) in [5, 5.41) is 5.31. The molecule has 6 heteroatoms. The maximum Gasteiger partial charge on any atom is 0.325 e. The van der Waals surface area contributed by atoms with Crippen LogP contribution >= 0.6 is 0 Å². The molecule has 0 spiro atoms. The monoisotopic (exact) mass is 354 g/mol. The fraction of sp³-hybridized carbons (Fsp3) is 0.250. The summed E-state index contributed by atoms with van der Waals surface area (Å²) in [4.78, 5) is 34.8. The predicted octanol–water partition coefficient (Wildman–Crippen LogP) is 2.01. The Labute approximate surface area is 152 Å². The fourth-order valence-electron chi connectivity index (χ4n) is 2.41. The van der Waals surface area contributed by atoms with Gasteiger partial charge in [-0.05, 0) is 30.2 Å². The van der Waals surface area contributed by atoms with E-state index in [-0.39, 0.29) is 24.8 Å². The second kappa shape index (κ2) is 9.36. The van der Waals surface area contributed by atoms with Crippen LogP contribution in [-0.4, -0.2) is 31.4 Å². The number of hydrogen-bond acceptors (Lipinski definition) is 4. The Morgan fingerprint density at radius 2 is 1.62 bits per heavy atom. The van der Waals surface area contributed by atoms with Crippen molar-refractivity contribution in [3.05, 3.63) is 65.2 Å². The van der Waals surface area contributed by atoms with Gasteiger partial charge in [0, 0.05) is 5.69 Å². The summed E-state index contributed by atoms with van der Waals surface area (Å²) in [6.07, 6.45) is 0.452. The van der Waals surface area contributed by atoms with Gasteiger partial charge >= 0.3 is 5.97 Å². The highest BCUT2D eigenvalue weighted by Gasteiger charge is 2.08. The van der Waals surface area contributed by atoms with Gasteiger partial charge in [-0.1, -0.05) is 42.0 Å². The smallest absolute Gasteiger partial charge is 0.325 e. The molecule has 2 N–H and O–H groups in total. The Bertz CT molecular complexity index is 785. The summed E-state index contributed by atoms with van der Waals surface area (Å²) >= 11 is 0. The summed E-state index contributed by atoms with van der Waals surface area (Å²) in [5.41, 5.74) is 3.52. The van der Waals surface area contributed by atoms with Gasteiger partial charge in [0.05, 0.1) is 20.0 Å². The summed E-state index contributed by atoms with van der Waals surface area (Å²) in [6.45, 7) is 1.84. The third-order valence-corrected chi connectivity index (χ3v) is 3.71. The molecular formula is C20H22N2O4. The molecule has 0 aromatic heterocycles. The van der Waals surface area contributed by atoms with E-state index in [4.69, 9.17) is 0 Å². The first kappa shape index (κ1) is 19.2. The normalized spacial score (nSPS) is 10.1. The molecule has 0 aliphatic heterocycles. The maximum atomic E-state index is 12.1. The van der Waals surface area contributed by atoms with Gasteiger partial charge in [0.2, 0.25) is 11.8 Å². The minimum atomic E-state index is -0.495. The first-order valence-electron chi connectivity index (χ1n) is 8.24. The fourth-order valence-corrected chi connectivity index (χ4v) is 2.41. The molecule has 2 amide bonds. The Kier molecular flexibility index (Phi) is 6.91. The van der Waals surface area contributed by atoms with Crippen molar-refractivity contribution < 1.29 is 19.1 Å². The molecule has 0 fully saturated rings. The van der Waals surface area contributed by atoms with Crippen LogP contribution in [0.4, 0.5) is 5.69 Å². The van der Waals surface area contributed by atoms with Crippen LogP contribution in [0.3, 0.4) is 0 Å². The third-order valence-electron chi connectivity index (χ3n) is 3.71. The van der Waals surface area contributed by atoms with Gasteiger partial charge in [0.1, 0.15) is 6.54 Å². The van der Waals surface area contributed by atoms with Crippen molar-refractivity contribution in [2.24, 2.45) is 0 Å². The number of esters is 1. The Balaban J connectivity index is 1.84. The largest absolute Gasteiger partial charge is 0.468 e. The highest BCUT2D eigenvalue weighted by Crippen LogP contribution is 2.12. The molecule has 136 valence electrons. The molecule has 0 saturated heterocycles. The summed E-state index contributed by atoms with van der Waals surface area (Å²) in [5.74, 6) is -0.865. The second-order valence-corrected chi connectivity index (χ2v) is 5.94. The van der Waals surface area contributed by atoms with E-state index in [1.807, 2.05) is 31.2 Å². The topological polar surface area (TPSA) is 84.5 Å². The van der Waals surface area contributed by atoms with Crippen LogP contribution < -0.4 is 10.6 Å². The lowest BCUT2D eigenvalue weighted by atomic mass is 10.1. The molecule has 0 atom stereocenters. The molecule has 2 aromatic rings. The number of anilines is 1. The molecular weight excluding hydrogens is 332 g/mol. The van der Waals surface area contributed by atoms with Crippen LogP contribution in [0.25, 0.3) is 0 Å². The van der Waals surface area contributed by atoms with E-state index in [2.05, 4.69) is 15.4 Å². The molecule has 0 unspecified atom stereocenters. The second-order valence-electron chi connectivity index (χ2n) is 5.94. The Hall–Kier alpha value is -3.15. The predicted molar refractivity (Wildman–Crippen MR) is 98.7 cm³/mol. The van der Waals surface area contributed by atoms with E-state index in [1.165, 1.54) is 7.11 Å². The average Bonchev–Trinajstić information content (AvgIpc) is 2.61. The minimum absolute atomic E-state index is 0.0980. The molecule has 6 nitrogen and oxygen atoms in total. The number of benzene rings is 2. The number of rotatable bonds is 7. The van der Waals surface area contributed by atoms with E-state index in [9.17, 15) is 14.4 Å². The number of ether oxygens (including phenoxy) is 1. The van der Waals surface area contributed by atoms with Crippen LogP contribution in [-0.2, 0) is 32.0 Å². The molecule has 0 aliphatic carbocycles. The Morgan fingerprint density at radius 3 is 2.27 bits per heavy atom. The summed E-state index contributed by atoms with van der Waals surface area (Å²) in [6, 6.07) is 14.8. The van der Waals surface area contributed by atoms with E-state index in [0.29, 0.717) is 12.1 Å². The first-order valence-corrected chi connectivity index (χ1v) is 8.24. The number of hydrogen-bond donors (Lipinski definition) is 2. The lowest BCUT2D eigenvalue weighted by molar-refractivity contribution is -0.141. The molecule has 0 aliphatic rings. The highest BCUT2D eigenvalue weighted by molar-refractivity contribution is 5.92. The molecule has 0 saturated carbocycles. The zero-order chi connectivity index (χ0) is 18.9. The number of aryl methyl sites for hydroxylation is 1. The number of amides is 2. The lowest BCUT2D eigenvalue weighted by Gasteiger charge is -2.08. The molecule has 0 heterocycles. The van der Waals surface area contributed by atoms with E-state index in [0.717, 1.165) is 16.7 Å². The standard InChI is InChI=1S/C20H22N2O4/c1-14-4-3-5-16(10-14)12-19(24)22-17-8-6-15(7-9-17)11-18(23)21-13-20(25)26-2/h3-10H,11-13H2,1-2H3,(H,21,23)(H,22,24). The van der Waals surface area contributed by atoms with Gasteiger partial charge in [0.25, 0.3) is 0 Å². The van der Waals surface area contributed by atoms with Gasteiger partial charge in [-0.15, -0.1) is 0 Å². The first-order chi connectivity index (χ1) is 12.5. The summed E-state index contributed by atoms with van der Waals surface area (Å²) < 4.78 is 4.46. The minimum Gasteiger partial charge on any atom is -0.468 e. The Morgan fingerprint density at radius 1 is 0.923 bits per heavy atom. The summed E-state index contributed by atoms with van der Waals surface area (Å²) in [7, 11) is 1.26. The third kappa shape index (κ3) is 6.39. The van der Waals surface area contributed by atoms with E-state index >= 15 is 0 Å². The van der Waals surface area contributed by atoms with E-state index in [1.54, 1.807) is 24.3 Å². The zero-order valence-corrected chi connectivity index (χ0v) is 14.9. The quantitative estimate of drug-likeness (QED) is 0.745.